The number of halogens is 3. The van der Waals surface area contributed by atoms with Gasteiger partial charge in [0.2, 0.25) is 11.6 Å². The maximum Gasteiger partial charge on any atom is 0.266 e. The summed E-state index contributed by atoms with van der Waals surface area (Å²) < 4.78 is 3.53. The first-order valence-corrected chi connectivity index (χ1v) is 4.90. The van der Waals surface area contributed by atoms with Crippen LogP contribution in [0.1, 0.15) is 11.5 Å². The van der Waals surface area contributed by atoms with Gasteiger partial charge in [-0.05, 0) is 18.6 Å². The van der Waals surface area contributed by atoms with E-state index in [0.717, 1.165) is 5.56 Å². The van der Waals surface area contributed by atoms with Crippen molar-refractivity contribution < 1.29 is 4.42 Å². The van der Waals surface area contributed by atoms with Crippen LogP contribution < -0.4 is 0 Å². The zero-order chi connectivity index (χ0) is 10.3. The van der Waals surface area contributed by atoms with E-state index in [-0.39, 0.29) is 5.89 Å². The van der Waals surface area contributed by atoms with Crippen molar-refractivity contribution in [2.24, 2.45) is 0 Å². The van der Waals surface area contributed by atoms with Crippen LogP contribution in [0.5, 0.6) is 0 Å². The van der Waals surface area contributed by atoms with Gasteiger partial charge in [-0.1, -0.05) is 34.8 Å². The molecule has 0 amide bonds. The molecule has 2 aromatic rings. The van der Waals surface area contributed by atoms with E-state index in [0.29, 0.717) is 11.2 Å². The molecule has 0 spiro atoms. The van der Waals surface area contributed by atoms with Crippen LogP contribution in [-0.4, -0.2) is 9.97 Å². The number of rotatable bonds is 0. The summed E-state index contributed by atoms with van der Waals surface area (Å²) in [6, 6.07) is 1.81. The summed E-state index contributed by atoms with van der Waals surface area (Å²) in [5, 5.41) is 0. The van der Waals surface area contributed by atoms with Gasteiger partial charge in [0, 0.05) is 6.20 Å². The largest absolute Gasteiger partial charge is 0.418 e. The Morgan fingerprint density at radius 3 is 2.71 bits per heavy atom. The SMILES string of the molecule is Cc1cnc2oc(C(Cl)(Cl)Cl)nc2c1. The molecule has 0 unspecified atom stereocenters. The molecule has 0 aliphatic carbocycles. The summed E-state index contributed by atoms with van der Waals surface area (Å²) in [4.78, 5) is 8.03. The molecule has 0 bridgehead atoms. The van der Waals surface area contributed by atoms with E-state index in [1.165, 1.54) is 0 Å². The Labute approximate surface area is 95.0 Å². The number of pyridine rings is 1. The fraction of sp³-hybridized carbons (Fsp3) is 0.250. The quantitative estimate of drug-likeness (QED) is 0.674. The molecular formula is C8H5Cl3N2O. The van der Waals surface area contributed by atoms with Crippen LogP contribution >= 0.6 is 34.8 Å². The molecule has 74 valence electrons. The third kappa shape index (κ3) is 1.80. The average Bonchev–Trinajstić information content (AvgIpc) is 2.45. The minimum absolute atomic E-state index is 0.0376. The molecular weight excluding hydrogens is 246 g/mol. The van der Waals surface area contributed by atoms with Crippen molar-refractivity contribution in [2.45, 2.75) is 10.7 Å². The summed E-state index contributed by atoms with van der Waals surface area (Å²) in [5.74, 6) is 0.0376. The molecule has 0 fully saturated rings. The van der Waals surface area contributed by atoms with Crippen LogP contribution in [-0.2, 0) is 3.79 Å². The van der Waals surface area contributed by atoms with Gasteiger partial charge in [-0.2, -0.15) is 0 Å². The van der Waals surface area contributed by atoms with Crippen LogP contribution in [0.4, 0.5) is 0 Å². The van der Waals surface area contributed by atoms with E-state index in [1.807, 2.05) is 13.0 Å². The number of aryl methyl sites for hydroxylation is 1. The van der Waals surface area contributed by atoms with E-state index in [4.69, 9.17) is 39.2 Å². The number of nitrogens with zero attached hydrogens (tertiary/aromatic N) is 2. The highest BCUT2D eigenvalue weighted by Crippen LogP contribution is 2.38. The predicted molar refractivity (Wildman–Crippen MR) is 55.8 cm³/mol. The van der Waals surface area contributed by atoms with E-state index in [2.05, 4.69) is 9.97 Å². The van der Waals surface area contributed by atoms with Gasteiger partial charge >= 0.3 is 0 Å². The maximum atomic E-state index is 5.62. The first kappa shape index (κ1) is 10.0. The molecule has 3 nitrogen and oxygen atoms in total. The fourth-order valence-electron chi connectivity index (χ4n) is 1.05. The average molecular weight is 252 g/mol. The second kappa shape index (κ2) is 3.26. The molecule has 6 heteroatoms. The van der Waals surface area contributed by atoms with Crippen molar-refractivity contribution >= 4 is 46.0 Å². The highest BCUT2D eigenvalue weighted by molar-refractivity contribution is 6.66. The Balaban J connectivity index is 2.63. The molecule has 0 aliphatic heterocycles. The van der Waals surface area contributed by atoms with Gasteiger partial charge in [-0.15, -0.1) is 0 Å². The molecule has 0 radical (unpaired) electrons. The van der Waals surface area contributed by atoms with Gasteiger partial charge in [0.15, 0.2) is 0 Å². The molecule has 0 aromatic carbocycles. The highest BCUT2D eigenvalue weighted by atomic mass is 35.6. The van der Waals surface area contributed by atoms with E-state index < -0.39 is 3.79 Å². The Kier molecular flexibility index (Phi) is 2.33. The van der Waals surface area contributed by atoms with Crippen LogP contribution in [0.2, 0.25) is 0 Å². The Morgan fingerprint density at radius 1 is 1.36 bits per heavy atom. The lowest BCUT2D eigenvalue weighted by atomic mass is 10.3. The monoisotopic (exact) mass is 250 g/mol. The number of alkyl halides is 3. The van der Waals surface area contributed by atoms with Gasteiger partial charge in [0.05, 0.1) is 0 Å². The van der Waals surface area contributed by atoms with Crippen LogP contribution in [0.3, 0.4) is 0 Å². The zero-order valence-corrected chi connectivity index (χ0v) is 9.36. The van der Waals surface area contributed by atoms with Gasteiger partial charge in [-0.3, -0.25) is 0 Å². The van der Waals surface area contributed by atoms with Gasteiger partial charge < -0.3 is 4.42 Å². The smallest absolute Gasteiger partial charge is 0.266 e. The normalized spacial score (nSPS) is 12.3. The van der Waals surface area contributed by atoms with E-state index >= 15 is 0 Å². The zero-order valence-electron chi connectivity index (χ0n) is 7.09. The molecule has 0 N–H and O–H groups in total. The Hall–Kier alpha value is -0.510. The lowest BCUT2D eigenvalue weighted by Crippen LogP contribution is -1.99. The summed E-state index contributed by atoms with van der Waals surface area (Å²) >= 11 is 16.8. The summed E-state index contributed by atoms with van der Waals surface area (Å²) in [6.07, 6.45) is 1.66. The molecule has 2 aromatic heterocycles. The number of hydrogen-bond donors (Lipinski definition) is 0. The maximum absolute atomic E-state index is 5.62. The van der Waals surface area contributed by atoms with E-state index in [9.17, 15) is 0 Å². The lowest BCUT2D eigenvalue weighted by molar-refractivity contribution is 0.531. The third-order valence-corrected chi connectivity index (χ3v) is 2.11. The summed E-state index contributed by atoms with van der Waals surface area (Å²) in [6.45, 7) is 1.90. The highest BCUT2D eigenvalue weighted by Gasteiger charge is 2.29. The van der Waals surface area contributed by atoms with Gasteiger partial charge in [0.25, 0.3) is 3.79 Å². The van der Waals surface area contributed by atoms with Crippen LogP contribution in [0, 0.1) is 6.92 Å². The first-order chi connectivity index (χ1) is 6.47. The van der Waals surface area contributed by atoms with Crippen LogP contribution in [0.15, 0.2) is 16.7 Å². The van der Waals surface area contributed by atoms with Crippen molar-refractivity contribution in [1.29, 1.82) is 0 Å². The molecule has 2 rings (SSSR count). The second-order valence-electron chi connectivity index (χ2n) is 2.85. The number of hydrogen-bond acceptors (Lipinski definition) is 3. The fourth-order valence-corrected chi connectivity index (χ4v) is 1.29. The van der Waals surface area contributed by atoms with Gasteiger partial charge in [0.1, 0.15) is 5.52 Å². The van der Waals surface area contributed by atoms with Crippen molar-refractivity contribution in [3.63, 3.8) is 0 Å². The summed E-state index contributed by atoms with van der Waals surface area (Å²) in [5.41, 5.74) is 1.94. The third-order valence-electron chi connectivity index (χ3n) is 1.63. The van der Waals surface area contributed by atoms with Crippen molar-refractivity contribution in [3.05, 3.63) is 23.7 Å². The Morgan fingerprint density at radius 2 is 2.07 bits per heavy atom. The Bertz CT molecular complexity index is 475. The summed E-state index contributed by atoms with van der Waals surface area (Å²) in [7, 11) is 0. The van der Waals surface area contributed by atoms with Crippen molar-refractivity contribution in [3.8, 4) is 0 Å². The minimum Gasteiger partial charge on any atom is -0.418 e. The molecule has 0 aliphatic rings. The van der Waals surface area contributed by atoms with E-state index in [1.54, 1.807) is 6.20 Å². The number of fused-ring (bicyclic) bond motifs is 1. The molecule has 14 heavy (non-hydrogen) atoms. The standard InChI is InChI=1S/C8H5Cl3N2O/c1-4-2-5-6(12-3-4)14-7(13-5)8(9,10)11/h2-3H,1H3. The lowest BCUT2D eigenvalue weighted by Gasteiger charge is -2.02. The molecule has 0 saturated carbocycles. The first-order valence-electron chi connectivity index (χ1n) is 3.77. The molecule has 2 heterocycles. The van der Waals surface area contributed by atoms with Crippen LogP contribution in [0.25, 0.3) is 11.2 Å². The number of aromatic nitrogens is 2. The van der Waals surface area contributed by atoms with Gasteiger partial charge in [-0.25, -0.2) is 9.97 Å². The minimum atomic E-state index is -1.64. The molecule has 0 saturated heterocycles. The van der Waals surface area contributed by atoms with Crippen molar-refractivity contribution in [1.82, 2.24) is 9.97 Å². The predicted octanol–water partition coefficient (Wildman–Crippen LogP) is 3.36. The molecule has 0 atom stereocenters. The number of oxazole rings is 1. The topological polar surface area (TPSA) is 38.9 Å². The van der Waals surface area contributed by atoms with Crippen molar-refractivity contribution in [2.75, 3.05) is 0 Å². The second-order valence-corrected chi connectivity index (χ2v) is 5.13.